The van der Waals surface area contributed by atoms with Crippen LogP contribution >= 0.6 is 0 Å². The fourth-order valence-electron chi connectivity index (χ4n) is 0. The first-order valence-electron chi connectivity index (χ1n) is 4.57. The zero-order valence-corrected chi connectivity index (χ0v) is 12.7. The molecule has 0 amide bonds. The summed E-state index contributed by atoms with van der Waals surface area (Å²) in [5.74, 6) is 0. The number of hydrogen-bond acceptors (Lipinski definition) is 3. The molecule has 3 N–H and O–H groups in total. The number of hydrogen-bond donors (Lipinski definition) is 3. The van der Waals surface area contributed by atoms with E-state index < -0.39 is 0 Å². The van der Waals surface area contributed by atoms with Crippen LogP contribution in [-0.4, -0.2) is 35.1 Å². The van der Waals surface area contributed by atoms with Gasteiger partial charge in [-0.3, -0.25) is 0 Å². The summed E-state index contributed by atoms with van der Waals surface area (Å²) in [7, 11) is 0. The largest absolute Gasteiger partial charge is 0.396 e. The Morgan fingerprint density at radius 2 is 0.692 bits per heavy atom. The summed E-state index contributed by atoms with van der Waals surface area (Å²) in [6.45, 7) is 6.75. The van der Waals surface area contributed by atoms with Gasteiger partial charge >= 0.3 is 0 Å². The molecule has 0 fully saturated rings. The molecule has 0 saturated carbocycles. The maximum atomic E-state index is 7.88. The second kappa shape index (κ2) is 38.6. The van der Waals surface area contributed by atoms with Gasteiger partial charge in [0.2, 0.25) is 0 Å². The molecule has 4 heteroatoms. The summed E-state index contributed by atoms with van der Waals surface area (Å²) >= 11 is 0. The molecule has 13 heavy (non-hydrogen) atoms. The quantitative estimate of drug-likeness (QED) is 0.664. The van der Waals surface area contributed by atoms with Crippen LogP contribution in [0.4, 0.5) is 0 Å². The molecule has 0 aliphatic rings. The summed E-state index contributed by atoms with van der Waals surface area (Å²) in [6, 6.07) is 0. The van der Waals surface area contributed by atoms with E-state index in [0.29, 0.717) is 19.8 Å². The number of rotatable bonds is 3. The maximum Gasteiger partial charge on any atom is 0.0428 e. The van der Waals surface area contributed by atoms with E-state index in [2.05, 4.69) is 0 Å². The van der Waals surface area contributed by atoms with E-state index in [1.54, 1.807) is 0 Å². The number of aliphatic hydroxyl groups excluding tert-OH is 3. The minimum Gasteiger partial charge on any atom is -0.396 e. The van der Waals surface area contributed by atoms with Crippen molar-refractivity contribution in [1.29, 1.82) is 0 Å². The van der Waals surface area contributed by atoms with E-state index in [0.717, 1.165) is 19.3 Å². The van der Waals surface area contributed by atoms with Gasteiger partial charge in [0.15, 0.2) is 0 Å². The minimum absolute atomic E-state index is 0. The van der Waals surface area contributed by atoms with Gasteiger partial charge in [-0.25, -0.2) is 0 Å². The standard InChI is InChI=1S/3C3H8O.Hf/c3*1-2-3-4;/h3*4H,2-3H2,1H3;. The molecule has 0 heterocycles. The van der Waals surface area contributed by atoms with Gasteiger partial charge in [-0.15, -0.1) is 0 Å². The topological polar surface area (TPSA) is 60.7 Å². The van der Waals surface area contributed by atoms with Crippen LogP contribution < -0.4 is 0 Å². The van der Waals surface area contributed by atoms with Crippen molar-refractivity contribution < 1.29 is 41.2 Å². The van der Waals surface area contributed by atoms with Gasteiger partial charge in [-0.2, -0.15) is 0 Å². The van der Waals surface area contributed by atoms with Crippen LogP contribution in [0.1, 0.15) is 40.0 Å². The molecule has 0 saturated heterocycles. The average Bonchev–Trinajstić information content (AvgIpc) is 2.18. The second-order valence-corrected chi connectivity index (χ2v) is 2.17. The molecule has 0 atom stereocenters. The molecule has 0 unspecified atom stereocenters. The van der Waals surface area contributed by atoms with Gasteiger partial charge in [0, 0.05) is 45.7 Å². The molecule has 0 aliphatic heterocycles. The molecule has 0 aliphatic carbocycles. The molecule has 3 nitrogen and oxygen atoms in total. The molecule has 0 aromatic carbocycles. The Morgan fingerprint density at radius 3 is 0.692 bits per heavy atom. The smallest absolute Gasteiger partial charge is 0.0428 e. The van der Waals surface area contributed by atoms with E-state index >= 15 is 0 Å². The van der Waals surface area contributed by atoms with Crippen molar-refractivity contribution in [3.8, 4) is 0 Å². The summed E-state index contributed by atoms with van der Waals surface area (Å²) < 4.78 is 0. The van der Waals surface area contributed by atoms with Crippen LogP contribution in [0.2, 0.25) is 0 Å². The van der Waals surface area contributed by atoms with Gasteiger partial charge in [-0.1, -0.05) is 20.8 Å². The molecule has 0 rings (SSSR count). The fourth-order valence-corrected chi connectivity index (χ4v) is 0. The summed E-state index contributed by atoms with van der Waals surface area (Å²) in [6.07, 6.45) is 2.62. The van der Waals surface area contributed by atoms with E-state index in [4.69, 9.17) is 15.3 Å². The Kier molecular flexibility index (Phi) is 69.9. The van der Waals surface area contributed by atoms with Gasteiger partial charge in [-0.05, 0) is 19.3 Å². The van der Waals surface area contributed by atoms with Crippen molar-refractivity contribution >= 4 is 0 Å². The van der Waals surface area contributed by atoms with Crippen LogP contribution in [0.25, 0.3) is 0 Å². The predicted octanol–water partition coefficient (Wildman–Crippen LogP) is 1.16. The van der Waals surface area contributed by atoms with Crippen molar-refractivity contribution in [2.24, 2.45) is 0 Å². The summed E-state index contributed by atoms with van der Waals surface area (Å²) in [4.78, 5) is 0. The first kappa shape index (κ1) is 23.5. The Morgan fingerprint density at radius 1 is 0.615 bits per heavy atom. The summed E-state index contributed by atoms with van der Waals surface area (Å²) in [5, 5.41) is 23.6. The first-order valence-corrected chi connectivity index (χ1v) is 4.57. The summed E-state index contributed by atoms with van der Waals surface area (Å²) in [5.41, 5.74) is 0. The van der Waals surface area contributed by atoms with Crippen LogP contribution in [0.5, 0.6) is 0 Å². The third-order valence-electron chi connectivity index (χ3n) is 0.671. The van der Waals surface area contributed by atoms with Gasteiger partial charge < -0.3 is 15.3 Å². The van der Waals surface area contributed by atoms with Crippen molar-refractivity contribution in [3.63, 3.8) is 0 Å². The van der Waals surface area contributed by atoms with Crippen molar-refractivity contribution in [2.75, 3.05) is 19.8 Å². The molecule has 0 aromatic rings. The fraction of sp³-hybridized carbons (Fsp3) is 1.00. The predicted molar refractivity (Wildman–Crippen MR) is 52.1 cm³/mol. The Bertz CT molecular complexity index is 30.3. The molecule has 0 spiro atoms. The zero-order valence-electron chi connectivity index (χ0n) is 9.08. The maximum absolute atomic E-state index is 7.88. The Balaban J connectivity index is -0.0000000450. The molecule has 82 valence electrons. The second-order valence-electron chi connectivity index (χ2n) is 2.17. The van der Waals surface area contributed by atoms with Crippen LogP contribution in [0.15, 0.2) is 0 Å². The molecule has 0 aromatic heterocycles. The van der Waals surface area contributed by atoms with Crippen LogP contribution in [0, 0.1) is 0 Å². The van der Waals surface area contributed by atoms with Crippen molar-refractivity contribution in [2.45, 2.75) is 40.0 Å². The third-order valence-corrected chi connectivity index (χ3v) is 0.671. The zero-order chi connectivity index (χ0) is 10.2. The van der Waals surface area contributed by atoms with E-state index in [1.165, 1.54) is 0 Å². The van der Waals surface area contributed by atoms with Gasteiger partial charge in [0.1, 0.15) is 0 Å². The average molecular weight is 359 g/mol. The Labute approximate surface area is 101 Å². The van der Waals surface area contributed by atoms with Crippen molar-refractivity contribution in [1.82, 2.24) is 0 Å². The van der Waals surface area contributed by atoms with E-state index in [9.17, 15) is 0 Å². The van der Waals surface area contributed by atoms with E-state index in [-0.39, 0.29) is 25.8 Å². The normalized spacial score (nSPS) is 6.92. The molecule has 0 bridgehead atoms. The van der Waals surface area contributed by atoms with E-state index in [1.807, 2.05) is 20.8 Å². The Hall–Kier alpha value is 0.750. The van der Waals surface area contributed by atoms with Crippen molar-refractivity contribution in [3.05, 3.63) is 0 Å². The molecule has 0 radical (unpaired) electrons. The SMILES string of the molecule is CCCO.CCCO.CCCO.[Hf]. The number of aliphatic hydroxyl groups is 3. The van der Waals surface area contributed by atoms with Crippen LogP contribution in [-0.2, 0) is 25.8 Å². The molecular weight excluding hydrogens is 335 g/mol. The first-order chi connectivity index (χ1) is 5.74. The monoisotopic (exact) mass is 360 g/mol. The van der Waals surface area contributed by atoms with Gasteiger partial charge in [0.25, 0.3) is 0 Å². The van der Waals surface area contributed by atoms with Gasteiger partial charge in [0.05, 0.1) is 0 Å². The minimum atomic E-state index is 0. The molecular formula is C9H24HfO3. The third kappa shape index (κ3) is 105. The van der Waals surface area contributed by atoms with Crippen LogP contribution in [0.3, 0.4) is 0 Å².